The molecular weight excluding hydrogens is 444 g/mol. The second kappa shape index (κ2) is 8.83. The minimum Gasteiger partial charge on any atom is -0.486 e. The molecule has 0 saturated carbocycles. The predicted molar refractivity (Wildman–Crippen MR) is 126 cm³/mol. The number of ether oxygens (including phenoxy) is 1. The monoisotopic (exact) mass is 464 g/mol. The van der Waals surface area contributed by atoms with Crippen LogP contribution in [-0.4, -0.2) is 20.8 Å². The summed E-state index contributed by atoms with van der Waals surface area (Å²) in [5.41, 5.74) is 2.92. The van der Waals surface area contributed by atoms with Crippen LogP contribution in [0.5, 0.6) is 5.75 Å². The zero-order valence-corrected chi connectivity index (χ0v) is 18.9. The second-order valence-electron chi connectivity index (χ2n) is 7.56. The first kappa shape index (κ1) is 22.2. The predicted octanol–water partition coefficient (Wildman–Crippen LogP) is 4.65. The molecule has 2 heterocycles. The number of hydrogen-bond acceptors (Lipinski definition) is 7. The average Bonchev–Trinajstić information content (AvgIpc) is 3.11. The Hall–Kier alpha value is -4.05. The van der Waals surface area contributed by atoms with Gasteiger partial charge in [0.05, 0.1) is 15.2 Å². The molecule has 4 rings (SSSR count). The second-order valence-corrected chi connectivity index (χ2v) is 8.56. The van der Waals surface area contributed by atoms with E-state index in [0.717, 1.165) is 22.5 Å². The minimum atomic E-state index is -0.496. The van der Waals surface area contributed by atoms with Gasteiger partial charge in [-0.05, 0) is 50.1 Å². The van der Waals surface area contributed by atoms with Crippen LogP contribution < -0.4 is 15.6 Å². The molecular formula is C23H20N4O5S. The molecule has 168 valence electrons. The summed E-state index contributed by atoms with van der Waals surface area (Å²) in [7, 11) is 0. The van der Waals surface area contributed by atoms with Crippen molar-refractivity contribution in [1.29, 1.82) is 0 Å². The molecule has 0 unspecified atom stereocenters. The van der Waals surface area contributed by atoms with Crippen molar-refractivity contribution in [3.05, 3.63) is 90.3 Å². The van der Waals surface area contributed by atoms with Gasteiger partial charge < -0.3 is 15.0 Å². The smallest absolute Gasteiger partial charge is 0.269 e. The summed E-state index contributed by atoms with van der Waals surface area (Å²) < 4.78 is 5.59. The van der Waals surface area contributed by atoms with Crippen LogP contribution >= 0.6 is 11.3 Å². The van der Waals surface area contributed by atoms with E-state index in [-0.39, 0.29) is 29.6 Å². The van der Waals surface area contributed by atoms with Crippen molar-refractivity contribution in [1.82, 2.24) is 9.97 Å². The molecule has 0 atom stereocenters. The van der Waals surface area contributed by atoms with Crippen LogP contribution in [0, 0.1) is 30.9 Å². The number of fused-ring (bicyclic) bond motifs is 1. The van der Waals surface area contributed by atoms with Gasteiger partial charge in [0.1, 0.15) is 23.0 Å². The number of H-pyrrole nitrogens is 1. The van der Waals surface area contributed by atoms with Crippen LogP contribution in [0.1, 0.15) is 32.2 Å². The van der Waals surface area contributed by atoms with Crippen LogP contribution in [0.15, 0.2) is 47.3 Å². The Morgan fingerprint density at radius 3 is 2.58 bits per heavy atom. The number of carbonyl (C=O) groups excluding carboxylic acids is 1. The molecule has 0 fully saturated rings. The van der Waals surface area contributed by atoms with Gasteiger partial charge in [-0.2, -0.15) is 0 Å². The highest BCUT2D eigenvalue weighted by Gasteiger charge is 2.20. The fourth-order valence-corrected chi connectivity index (χ4v) is 4.52. The van der Waals surface area contributed by atoms with E-state index in [9.17, 15) is 19.7 Å². The Kier molecular flexibility index (Phi) is 5.93. The Labute approximate surface area is 192 Å². The molecule has 0 spiro atoms. The molecule has 33 heavy (non-hydrogen) atoms. The lowest BCUT2D eigenvalue weighted by Gasteiger charge is -2.08. The van der Waals surface area contributed by atoms with E-state index in [0.29, 0.717) is 32.1 Å². The average molecular weight is 465 g/mol. The first-order chi connectivity index (χ1) is 15.7. The SMILES string of the molecule is Cc1ccc(NC(=O)c2sc3nc(COc4ccc([N+](=O)[O-])cc4)[nH]c(=O)c3c2C)c(C)c1. The van der Waals surface area contributed by atoms with E-state index < -0.39 is 4.92 Å². The Morgan fingerprint density at radius 1 is 1.18 bits per heavy atom. The third-order valence-corrected chi connectivity index (χ3v) is 6.29. The summed E-state index contributed by atoms with van der Waals surface area (Å²) in [5, 5.41) is 14.0. The Balaban J connectivity index is 1.56. The molecule has 2 aromatic carbocycles. The highest BCUT2D eigenvalue weighted by molar-refractivity contribution is 7.20. The summed E-state index contributed by atoms with van der Waals surface area (Å²) in [4.78, 5) is 43.8. The normalized spacial score (nSPS) is 10.9. The molecule has 2 aromatic heterocycles. The van der Waals surface area contributed by atoms with Gasteiger partial charge in [0.2, 0.25) is 0 Å². The number of anilines is 1. The van der Waals surface area contributed by atoms with E-state index in [1.807, 2.05) is 32.0 Å². The standard InChI is InChI=1S/C23H20N4O5S/c1-12-4-9-17(13(2)10-12)24-22(29)20-14(3)19-21(28)25-18(26-23(19)33-20)11-32-16-7-5-15(6-8-16)27(30)31/h4-10H,11H2,1-3H3,(H,24,29)(H,25,26,28). The number of nitrogens with one attached hydrogen (secondary N) is 2. The van der Waals surface area contributed by atoms with E-state index >= 15 is 0 Å². The van der Waals surface area contributed by atoms with Gasteiger partial charge in [-0.25, -0.2) is 4.98 Å². The van der Waals surface area contributed by atoms with Gasteiger partial charge in [0.25, 0.3) is 17.2 Å². The summed E-state index contributed by atoms with van der Waals surface area (Å²) in [6.45, 7) is 5.59. The molecule has 1 amide bonds. The third-order valence-electron chi connectivity index (χ3n) is 5.11. The summed E-state index contributed by atoms with van der Waals surface area (Å²) >= 11 is 1.14. The van der Waals surface area contributed by atoms with Crippen LogP contribution in [0.3, 0.4) is 0 Å². The number of aryl methyl sites for hydroxylation is 3. The number of nitrogens with zero attached hydrogens (tertiary/aromatic N) is 2. The molecule has 0 aliphatic carbocycles. The maximum atomic E-state index is 12.9. The van der Waals surface area contributed by atoms with Crippen LogP contribution in [0.4, 0.5) is 11.4 Å². The first-order valence-electron chi connectivity index (χ1n) is 10.0. The lowest BCUT2D eigenvalue weighted by molar-refractivity contribution is -0.384. The zero-order chi connectivity index (χ0) is 23.7. The lowest BCUT2D eigenvalue weighted by Crippen LogP contribution is -2.14. The highest BCUT2D eigenvalue weighted by atomic mass is 32.1. The van der Waals surface area contributed by atoms with Gasteiger partial charge in [-0.15, -0.1) is 11.3 Å². The molecule has 0 aliphatic heterocycles. The number of aromatic amines is 1. The number of rotatable bonds is 6. The molecule has 9 nitrogen and oxygen atoms in total. The Bertz CT molecular complexity index is 1440. The van der Waals surface area contributed by atoms with E-state index in [1.165, 1.54) is 24.3 Å². The first-order valence-corrected chi connectivity index (χ1v) is 10.8. The number of nitro benzene ring substituents is 1. The van der Waals surface area contributed by atoms with Crippen LogP contribution in [0.25, 0.3) is 10.2 Å². The summed E-state index contributed by atoms with van der Waals surface area (Å²) in [6, 6.07) is 11.4. The third kappa shape index (κ3) is 4.60. The maximum Gasteiger partial charge on any atom is 0.269 e. The topological polar surface area (TPSA) is 127 Å². The van der Waals surface area contributed by atoms with Crippen LogP contribution in [-0.2, 0) is 6.61 Å². The molecule has 0 radical (unpaired) electrons. The number of hydrogen-bond donors (Lipinski definition) is 2. The van der Waals surface area contributed by atoms with Gasteiger partial charge in [0, 0.05) is 17.8 Å². The maximum absolute atomic E-state index is 12.9. The van der Waals surface area contributed by atoms with Crippen molar-refractivity contribution in [3.8, 4) is 5.75 Å². The van der Waals surface area contributed by atoms with E-state index in [4.69, 9.17) is 4.74 Å². The zero-order valence-electron chi connectivity index (χ0n) is 18.1. The Morgan fingerprint density at radius 2 is 1.91 bits per heavy atom. The number of carbonyl (C=O) groups is 1. The van der Waals surface area contributed by atoms with Crippen molar-refractivity contribution >= 4 is 38.8 Å². The number of aromatic nitrogens is 2. The number of nitro groups is 1. The van der Waals surface area contributed by atoms with Gasteiger partial charge >= 0.3 is 0 Å². The number of non-ortho nitro benzene ring substituents is 1. The molecule has 4 aromatic rings. The number of amides is 1. The van der Waals surface area contributed by atoms with E-state index in [2.05, 4.69) is 15.3 Å². The summed E-state index contributed by atoms with van der Waals surface area (Å²) in [6.07, 6.45) is 0. The fraction of sp³-hybridized carbons (Fsp3) is 0.174. The minimum absolute atomic E-state index is 0.0377. The van der Waals surface area contributed by atoms with Crippen molar-refractivity contribution < 1.29 is 14.5 Å². The largest absolute Gasteiger partial charge is 0.486 e. The molecule has 0 bridgehead atoms. The van der Waals surface area contributed by atoms with Crippen molar-refractivity contribution in [2.45, 2.75) is 27.4 Å². The molecule has 0 saturated heterocycles. The van der Waals surface area contributed by atoms with Gasteiger partial charge in [-0.1, -0.05) is 17.7 Å². The van der Waals surface area contributed by atoms with Gasteiger partial charge in [0.15, 0.2) is 0 Å². The lowest BCUT2D eigenvalue weighted by atomic mass is 10.1. The fourth-order valence-electron chi connectivity index (χ4n) is 3.42. The summed E-state index contributed by atoms with van der Waals surface area (Å²) in [5.74, 6) is 0.387. The van der Waals surface area contributed by atoms with Crippen molar-refractivity contribution in [3.63, 3.8) is 0 Å². The van der Waals surface area contributed by atoms with Crippen molar-refractivity contribution in [2.24, 2.45) is 0 Å². The molecule has 10 heteroatoms. The number of thiophene rings is 1. The van der Waals surface area contributed by atoms with Crippen LogP contribution in [0.2, 0.25) is 0 Å². The highest BCUT2D eigenvalue weighted by Crippen LogP contribution is 2.28. The molecule has 2 N–H and O–H groups in total. The van der Waals surface area contributed by atoms with Gasteiger partial charge in [-0.3, -0.25) is 19.7 Å². The number of benzene rings is 2. The van der Waals surface area contributed by atoms with Crippen molar-refractivity contribution in [2.75, 3.05) is 5.32 Å². The molecule has 0 aliphatic rings. The van der Waals surface area contributed by atoms with E-state index in [1.54, 1.807) is 6.92 Å². The quantitative estimate of drug-likeness (QED) is 0.316.